The van der Waals surface area contributed by atoms with Crippen molar-refractivity contribution in [2.75, 3.05) is 37.7 Å². The quantitative estimate of drug-likeness (QED) is 0.870. The third-order valence-corrected chi connectivity index (χ3v) is 6.42. The first-order valence-corrected chi connectivity index (χ1v) is 10.3. The zero-order valence-electron chi connectivity index (χ0n) is 16.3. The minimum Gasteiger partial charge on any atom is -0.375 e. The Balaban J connectivity index is 1.26. The SMILES string of the molecule is CC(C)[C@@H]1CN2C[C@@H](NC3CCN(c4ccc(F)c(F)c4)CC3)C[C@H]2CO1. The van der Waals surface area contributed by atoms with Crippen molar-refractivity contribution in [3.8, 4) is 0 Å². The maximum absolute atomic E-state index is 13.5. The highest BCUT2D eigenvalue weighted by molar-refractivity contribution is 5.47. The van der Waals surface area contributed by atoms with E-state index < -0.39 is 11.6 Å². The van der Waals surface area contributed by atoms with Gasteiger partial charge >= 0.3 is 0 Å². The van der Waals surface area contributed by atoms with E-state index in [1.807, 2.05) is 0 Å². The minimum atomic E-state index is -0.781. The summed E-state index contributed by atoms with van der Waals surface area (Å²) in [7, 11) is 0. The van der Waals surface area contributed by atoms with E-state index in [0.29, 0.717) is 30.1 Å². The Bertz CT molecular complexity index is 648. The summed E-state index contributed by atoms with van der Waals surface area (Å²) in [5.74, 6) is -0.979. The molecule has 0 bridgehead atoms. The molecular weight excluding hydrogens is 348 g/mol. The first-order valence-electron chi connectivity index (χ1n) is 10.3. The highest BCUT2D eigenvalue weighted by atomic mass is 19.2. The number of rotatable bonds is 4. The molecule has 0 spiro atoms. The largest absolute Gasteiger partial charge is 0.375 e. The summed E-state index contributed by atoms with van der Waals surface area (Å²) in [6.45, 7) is 9.24. The topological polar surface area (TPSA) is 27.7 Å². The van der Waals surface area contributed by atoms with Gasteiger partial charge in [0.25, 0.3) is 0 Å². The molecule has 1 N–H and O–H groups in total. The van der Waals surface area contributed by atoms with E-state index in [-0.39, 0.29) is 0 Å². The summed E-state index contributed by atoms with van der Waals surface area (Å²) >= 11 is 0. The van der Waals surface area contributed by atoms with Crippen molar-refractivity contribution in [3.05, 3.63) is 29.8 Å². The van der Waals surface area contributed by atoms with Crippen LogP contribution in [0.2, 0.25) is 0 Å². The van der Waals surface area contributed by atoms with Crippen molar-refractivity contribution >= 4 is 5.69 Å². The molecule has 4 rings (SSSR count). The van der Waals surface area contributed by atoms with Crippen LogP contribution in [0.3, 0.4) is 0 Å². The molecule has 4 nitrogen and oxygen atoms in total. The molecule has 150 valence electrons. The molecule has 1 aromatic carbocycles. The standard InChI is InChI=1S/C21H31F2N3O/c1-14(2)21-12-26-11-16(9-18(26)13-27-21)24-15-5-7-25(8-6-15)17-3-4-19(22)20(23)10-17/h3-4,10,14-16,18,21,24H,5-9,11-13H2,1-2H3/t16-,18-,21-/m0/s1. The van der Waals surface area contributed by atoms with Crippen molar-refractivity contribution in [2.24, 2.45) is 5.92 Å². The maximum Gasteiger partial charge on any atom is 0.160 e. The number of benzene rings is 1. The lowest BCUT2D eigenvalue weighted by Crippen LogP contribution is -2.49. The van der Waals surface area contributed by atoms with Crippen molar-refractivity contribution < 1.29 is 13.5 Å². The van der Waals surface area contributed by atoms with E-state index in [9.17, 15) is 8.78 Å². The van der Waals surface area contributed by atoms with Gasteiger partial charge in [-0.05, 0) is 37.3 Å². The van der Waals surface area contributed by atoms with Gasteiger partial charge in [0.2, 0.25) is 0 Å². The molecule has 6 heteroatoms. The second kappa shape index (κ2) is 8.02. The molecule has 0 aliphatic carbocycles. The van der Waals surface area contributed by atoms with Crippen LogP contribution in [0.4, 0.5) is 14.5 Å². The van der Waals surface area contributed by atoms with Gasteiger partial charge in [0.1, 0.15) is 0 Å². The lowest BCUT2D eigenvalue weighted by atomic mass is 10.0. The van der Waals surface area contributed by atoms with Crippen LogP contribution in [0.1, 0.15) is 33.1 Å². The van der Waals surface area contributed by atoms with Gasteiger partial charge in [-0.1, -0.05) is 13.8 Å². The Morgan fingerprint density at radius 1 is 1.07 bits per heavy atom. The van der Waals surface area contributed by atoms with Gasteiger partial charge in [0, 0.05) is 56.1 Å². The predicted octanol–water partition coefficient (Wildman–Crippen LogP) is 3.02. The number of fused-ring (bicyclic) bond motifs is 1. The van der Waals surface area contributed by atoms with Gasteiger partial charge in [0.15, 0.2) is 11.6 Å². The molecule has 1 aromatic rings. The van der Waals surface area contributed by atoms with Crippen LogP contribution in [-0.2, 0) is 4.74 Å². The highest BCUT2D eigenvalue weighted by Crippen LogP contribution is 2.27. The first kappa shape index (κ1) is 19.1. The van der Waals surface area contributed by atoms with E-state index in [1.54, 1.807) is 6.07 Å². The molecule has 0 saturated carbocycles. The Morgan fingerprint density at radius 2 is 1.85 bits per heavy atom. The molecule has 3 fully saturated rings. The molecule has 3 atom stereocenters. The lowest BCUT2D eigenvalue weighted by molar-refractivity contribution is -0.0683. The van der Waals surface area contributed by atoms with E-state index in [2.05, 4.69) is 29.0 Å². The summed E-state index contributed by atoms with van der Waals surface area (Å²) in [4.78, 5) is 4.75. The van der Waals surface area contributed by atoms with Crippen LogP contribution in [-0.4, -0.2) is 61.9 Å². The van der Waals surface area contributed by atoms with E-state index in [1.165, 1.54) is 12.1 Å². The molecular formula is C21H31F2N3O. The minimum absolute atomic E-state index is 0.361. The summed E-state index contributed by atoms with van der Waals surface area (Å²) in [6, 6.07) is 5.79. The third-order valence-electron chi connectivity index (χ3n) is 6.42. The van der Waals surface area contributed by atoms with Gasteiger partial charge < -0.3 is 15.0 Å². The van der Waals surface area contributed by atoms with Crippen LogP contribution in [0.15, 0.2) is 18.2 Å². The Kier molecular flexibility index (Phi) is 5.67. The predicted molar refractivity (Wildman–Crippen MR) is 103 cm³/mol. The van der Waals surface area contributed by atoms with Crippen LogP contribution in [0.5, 0.6) is 0 Å². The summed E-state index contributed by atoms with van der Waals surface area (Å²) in [5, 5.41) is 3.85. The first-order chi connectivity index (χ1) is 13.0. The number of nitrogens with zero attached hydrogens (tertiary/aromatic N) is 2. The summed E-state index contributed by atoms with van der Waals surface area (Å²) in [5.41, 5.74) is 0.780. The average molecular weight is 379 g/mol. The van der Waals surface area contributed by atoms with E-state index in [4.69, 9.17) is 4.74 Å². The number of hydrogen-bond acceptors (Lipinski definition) is 4. The Morgan fingerprint density at radius 3 is 2.56 bits per heavy atom. The van der Waals surface area contributed by atoms with Crippen molar-refractivity contribution in [1.82, 2.24) is 10.2 Å². The number of nitrogens with one attached hydrogen (secondary N) is 1. The number of piperidine rings is 1. The molecule has 27 heavy (non-hydrogen) atoms. The van der Waals surface area contributed by atoms with Crippen LogP contribution in [0, 0.1) is 17.6 Å². The summed E-state index contributed by atoms with van der Waals surface area (Å²) in [6.07, 6.45) is 3.59. The Hall–Kier alpha value is -1.24. The molecule has 3 aliphatic heterocycles. The zero-order valence-corrected chi connectivity index (χ0v) is 16.3. The van der Waals surface area contributed by atoms with Gasteiger partial charge in [0.05, 0.1) is 12.7 Å². The summed E-state index contributed by atoms with van der Waals surface area (Å²) < 4.78 is 32.6. The van der Waals surface area contributed by atoms with Crippen molar-refractivity contribution in [3.63, 3.8) is 0 Å². The van der Waals surface area contributed by atoms with Crippen molar-refractivity contribution in [2.45, 2.75) is 57.3 Å². The number of ether oxygens (including phenoxy) is 1. The second-order valence-electron chi connectivity index (χ2n) is 8.68. The second-order valence-corrected chi connectivity index (χ2v) is 8.68. The normalized spacial score (nSPS) is 30.1. The van der Waals surface area contributed by atoms with Crippen LogP contribution < -0.4 is 10.2 Å². The molecule has 0 amide bonds. The Labute approximate surface area is 160 Å². The maximum atomic E-state index is 13.5. The number of anilines is 1. The molecule has 3 saturated heterocycles. The van der Waals surface area contributed by atoms with Crippen LogP contribution in [0.25, 0.3) is 0 Å². The van der Waals surface area contributed by atoms with Crippen LogP contribution >= 0.6 is 0 Å². The number of morpholine rings is 1. The van der Waals surface area contributed by atoms with E-state index in [0.717, 1.165) is 57.7 Å². The third kappa shape index (κ3) is 4.28. The fraction of sp³-hybridized carbons (Fsp3) is 0.714. The molecule has 3 heterocycles. The molecule has 0 aromatic heterocycles. The fourth-order valence-electron chi connectivity index (χ4n) is 4.74. The zero-order chi connectivity index (χ0) is 19.0. The van der Waals surface area contributed by atoms with Gasteiger partial charge in [-0.15, -0.1) is 0 Å². The van der Waals surface area contributed by atoms with E-state index >= 15 is 0 Å². The molecule has 3 aliphatic rings. The average Bonchev–Trinajstić information content (AvgIpc) is 3.06. The van der Waals surface area contributed by atoms with Gasteiger partial charge in [-0.25, -0.2) is 8.78 Å². The highest BCUT2D eigenvalue weighted by Gasteiger charge is 2.38. The van der Waals surface area contributed by atoms with Crippen molar-refractivity contribution in [1.29, 1.82) is 0 Å². The fourth-order valence-corrected chi connectivity index (χ4v) is 4.74. The monoisotopic (exact) mass is 379 g/mol. The molecule has 0 radical (unpaired) electrons. The number of hydrogen-bond donors (Lipinski definition) is 1. The van der Waals surface area contributed by atoms with Gasteiger partial charge in [-0.2, -0.15) is 0 Å². The number of halogens is 2. The van der Waals surface area contributed by atoms with Gasteiger partial charge in [-0.3, -0.25) is 4.90 Å². The lowest BCUT2D eigenvalue weighted by Gasteiger charge is -2.37. The molecule has 0 unspecified atom stereocenters. The smallest absolute Gasteiger partial charge is 0.160 e.